The van der Waals surface area contributed by atoms with E-state index in [0.29, 0.717) is 31.0 Å². The topological polar surface area (TPSA) is 124 Å². The summed E-state index contributed by atoms with van der Waals surface area (Å²) in [4.78, 5) is 30.2. The van der Waals surface area contributed by atoms with Crippen LogP contribution in [-0.4, -0.2) is 44.7 Å². The zero-order valence-corrected chi connectivity index (χ0v) is 15.2. The molecule has 4 N–H and O–H groups in total. The number of aromatic carboxylic acids is 2. The molecule has 0 saturated heterocycles. The fourth-order valence-corrected chi connectivity index (χ4v) is 2.64. The van der Waals surface area contributed by atoms with Gasteiger partial charge in [-0.1, -0.05) is 25.5 Å². The Morgan fingerprint density at radius 1 is 0.963 bits per heavy atom. The summed E-state index contributed by atoms with van der Waals surface area (Å²) in [7, 11) is 0. The van der Waals surface area contributed by atoms with E-state index >= 15 is 0 Å². The van der Waals surface area contributed by atoms with Crippen molar-refractivity contribution in [2.24, 2.45) is 0 Å². The molecule has 1 unspecified atom stereocenters. The van der Waals surface area contributed by atoms with Crippen LogP contribution in [0.15, 0.2) is 36.4 Å². The van der Waals surface area contributed by atoms with Crippen molar-refractivity contribution in [1.29, 1.82) is 0 Å². The van der Waals surface area contributed by atoms with Gasteiger partial charge in [0.15, 0.2) is 0 Å². The fraction of sp³-hybridized carbons (Fsp3) is 0.368. The van der Waals surface area contributed by atoms with Crippen molar-refractivity contribution in [3.63, 3.8) is 0 Å². The van der Waals surface area contributed by atoms with Crippen molar-refractivity contribution in [3.05, 3.63) is 59.2 Å². The van der Waals surface area contributed by atoms with Crippen LogP contribution in [0.25, 0.3) is 0 Å². The van der Waals surface area contributed by atoms with Crippen molar-refractivity contribution >= 4 is 11.9 Å². The highest BCUT2D eigenvalue weighted by atomic mass is 16.4. The zero-order valence-electron chi connectivity index (χ0n) is 15.2. The predicted molar refractivity (Wildman–Crippen MR) is 99.6 cm³/mol. The van der Waals surface area contributed by atoms with Gasteiger partial charge >= 0.3 is 11.9 Å². The molecule has 1 atom stereocenters. The molecule has 0 radical (unpaired) electrons. The number of nitrogens with zero attached hydrogens (tertiary/aromatic N) is 2. The molecule has 2 heterocycles. The van der Waals surface area contributed by atoms with Crippen molar-refractivity contribution in [3.8, 4) is 0 Å². The van der Waals surface area contributed by atoms with E-state index in [-0.39, 0.29) is 17.4 Å². The molecule has 2 rings (SSSR count). The summed E-state index contributed by atoms with van der Waals surface area (Å²) >= 11 is 0. The minimum atomic E-state index is -1.04. The number of pyridine rings is 2. The molecule has 0 aromatic carbocycles. The van der Waals surface area contributed by atoms with Gasteiger partial charge in [-0.25, -0.2) is 19.6 Å². The van der Waals surface area contributed by atoms with E-state index in [1.807, 2.05) is 0 Å². The van der Waals surface area contributed by atoms with Crippen LogP contribution in [0, 0.1) is 0 Å². The third kappa shape index (κ3) is 6.76. The molecule has 0 fully saturated rings. The van der Waals surface area contributed by atoms with Crippen molar-refractivity contribution in [2.45, 2.75) is 38.9 Å². The number of nitrogens with one attached hydrogen (secondary N) is 2. The Bertz CT molecular complexity index is 782. The van der Waals surface area contributed by atoms with Gasteiger partial charge in [0.2, 0.25) is 0 Å². The van der Waals surface area contributed by atoms with Gasteiger partial charge in [-0.15, -0.1) is 0 Å². The van der Waals surface area contributed by atoms with E-state index < -0.39 is 11.9 Å². The molecular weight excluding hydrogens is 348 g/mol. The monoisotopic (exact) mass is 372 g/mol. The van der Waals surface area contributed by atoms with Crippen molar-refractivity contribution in [2.75, 3.05) is 6.54 Å². The van der Waals surface area contributed by atoms with Gasteiger partial charge < -0.3 is 20.8 Å². The third-order valence-corrected chi connectivity index (χ3v) is 3.96. The zero-order chi connectivity index (χ0) is 19.6. The molecule has 8 nitrogen and oxygen atoms in total. The van der Waals surface area contributed by atoms with Gasteiger partial charge in [0.05, 0.1) is 11.4 Å². The number of aromatic nitrogens is 2. The molecule has 0 aliphatic rings. The molecule has 0 amide bonds. The van der Waals surface area contributed by atoms with Gasteiger partial charge in [0, 0.05) is 25.7 Å². The highest BCUT2D eigenvalue weighted by Gasteiger charge is 2.10. The summed E-state index contributed by atoms with van der Waals surface area (Å²) in [5, 5.41) is 24.7. The normalized spacial score (nSPS) is 11.9. The first-order valence-electron chi connectivity index (χ1n) is 8.82. The van der Waals surface area contributed by atoms with Crippen LogP contribution >= 0.6 is 0 Å². The fourth-order valence-electron chi connectivity index (χ4n) is 2.64. The Morgan fingerprint density at radius 3 is 2.04 bits per heavy atom. The van der Waals surface area contributed by atoms with E-state index in [2.05, 4.69) is 27.5 Å². The van der Waals surface area contributed by atoms with Crippen LogP contribution in [0.3, 0.4) is 0 Å². The number of carbonyl (C=O) groups is 2. The predicted octanol–water partition coefficient (Wildman–Crippen LogP) is 1.92. The average molecular weight is 372 g/mol. The summed E-state index contributed by atoms with van der Waals surface area (Å²) in [6.07, 6.45) is 1.93. The Kier molecular flexibility index (Phi) is 7.84. The summed E-state index contributed by atoms with van der Waals surface area (Å²) in [6, 6.07) is 10.0. The van der Waals surface area contributed by atoms with Gasteiger partial charge in [-0.05, 0) is 30.7 Å². The highest BCUT2D eigenvalue weighted by molar-refractivity contribution is 5.85. The third-order valence-electron chi connectivity index (χ3n) is 3.96. The number of carboxylic acid groups (broad SMARTS) is 2. The van der Waals surface area contributed by atoms with Gasteiger partial charge in [-0.3, -0.25) is 0 Å². The van der Waals surface area contributed by atoms with Crippen molar-refractivity contribution in [1.82, 2.24) is 20.6 Å². The van der Waals surface area contributed by atoms with E-state index in [1.54, 1.807) is 24.3 Å². The maximum absolute atomic E-state index is 11.0. The van der Waals surface area contributed by atoms with E-state index in [1.165, 1.54) is 12.1 Å². The number of carboxylic acids is 2. The second kappa shape index (κ2) is 10.3. The van der Waals surface area contributed by atoms with Crippen molar-refractivity contribution < 1.29 is 19.8 Å². The Balaban J connectivity index is 1.86. The van der Waals surface area contributed by atoms with Crippen LogP contribution in [-0.2, 0) is 13.1 Å². The Hall–Kier alpha value is -2.84. The van der Waals surface area contributed by atoms with E-state index in [0.717, 1.165) is 12.8 Å². The largest absolute Gasteiger partial charge is 0.477 e. The summed E-state index contributed by atoms with van der Waals surface area (Å²) < 4.78 is 0. The van der Waals surface area contributed by atoms with Gasteiger partial charge in [0.25, 0.3) is 0 Å². The lowest BCUT2D eigenvalue weighted by Gasteiger charge is -2.18. The summed E-state index contributed by atoms with van der Waals surface area (Å²) in [5.41, 5.74) is 1.40. The molecule has 0 saturated carbocycles. The minimum Gasteiger partial charge on any atom is -0.477 e. The molecule has 0 bridgehead atoms. The minimum absolute atomic E-state index is 0.0296. The van der Waals surface area contributed by atoms with Gasteiger partial charge in [0.1, 0.15) is 11.4 Å². The Labute approximate surface area is 157 Å². The van der Waals surface area contributed by atoms with Crippen LogP contribution in [0.2, 0.25) is 0 Å². The molecule has 0 aliphatic heterocycles. The lowest BCUT2D eigenvalue weighted by Crippen LogP contribution is -2.38. The lowest BCUT2D eigenvalue weighted by atomic mass is 10.1. The molecule has 2 aromatic rings. The summed E-state index contributed by atoms with van der Waals surface area (Å²) in [6.45, 7) is 3.71. The van der Waals surface area contributed by atoms with Crippen LogP contribution in [0.4, 0.5) is 0 Å². The molecule has 144 valence electrons. The molecule has 27 heavy (non-hydrogen) atoms. The second-order valence-corrected chi connectivity index (χ2v) is 6.14. The SMILES string of the molecule is CCCC(CNCc1cccc(C(=O)O)n1)NCc1cccc(C(=O)O)n1. The standard InChI is InChI=1S/C19H24N4O4/c1-2-5-13(21-12-15-7-4-9-17(23-15)19(26)27)10-20-11-14-6-3-8-16(22-14)18(24)25/h3-4,6-9,13,20-21H,2,5,10-12H2,1H3,(H,24,25)(H,26,27). The van der Waals surface area contributed by atoms with Crippen LogP contribution in [0.1, 0.15) is 52.1 Å². The molecule has 8 heteroatoms. The average Bonchev–Trinajstić information content (AvgIpc) is 2.66. The summed E-state index contributed by atoms with van der Waals surface area (Å²) in [5.74, 6) is -2.09. The maximum atomic E-state index is 11.0. The highest BCUT2D eigenvalue weighted by Crippen LogP contribution is 2.03. The quantitative estimate of drug-likeness (QED) is 0.471. The van der Waals surface area contributed by atoms with Crippen LogP contribution < -0.4 is 10.6 Å². The first kappa shape index (κ1) is 20.5. The van der Waals surface area contributed by atoms with Gasteiger partial charge in [-0.2, -0.15) is 0 Å². The van der Waals surface area contributed by atoms with E-state index in [4.69, 9.17) is 10.2 Å². The number of rotatable bonds is 11. The molecule has 0 aliphatic carbocycles. The Morgan fingerprint density at radius 2 is 1.52 bits per heavy atom. The van der Waals surface area contributed by atoms with Crippen LogP contribution in [0.5, 0.6) is 0 Å². The molecular formula is C19H24N4O4. The first-order valence-corrected chi connectivity index (χ1v) is 8.82. The molecule has 2 aromatic heterocycles. The molecule has 0 spiro atoms. The smallest absolute Gasteiger partial charge is 0.354 e. The number of hydrogen-bond donors (Lipinski definition) is 4. The number of hydrogen-bond acceptors (Lipinski definition) is 6. The second-order valence-electron chi connectivity index (χ2n) is 6.14. The van der Waals surface area contributed by atoms with E-state index in [9.17, 15) is 9.59 Å². The first-order chi connectivity index (χ1) is 13.0. The lowest BCUT2D eigenvalue weighted by molar-refractivity contribution is 0.0679. The maximum Gasteiger partial charge on any atom is 0.354 e.